The Morgan fingerprint density at radius 2 is 1.76 bits per heavy atom. The van der Waals surface area contributed by atoms with E-state index in [0.29, 0.717) is 12.1 Å². The van der Waals surface area contributed by atoms with E-state index in [1.165, 1.54) is 25.9 Å². The van der Waals surface area contributed by atoms with Gasteiger partial charge in [-0.25, -0.2) is 23.3 Å². The van der Waals surface area contributed by atoms with Crippen LogP contribution >= 0.6 is 11.6 Å². The largest absolute Gasteiger partial charge is 0.460 e. The molecule has 0 aliphatic carbocycles. The van der Waals surface area contributed by atoms with Gasteiger partial charge in [0.1, 0.15) is 18.1 Å². The molecule has 33 heavy (non-hydrogen) atoms. The van der Waals surface area contributed by atoms with Gasteiger partial charge in [0.25, 0.3) is 5.56 Å². The van der Waals surface area contributed by atoms with Crippen LogP contribution in [0.3, 0.4) is 0 Å². The zero-order valence-electron chi connectivity index (χ0n) is 17.3. The fraction of sp³-hybridized carbons (Fsp3) is 0.368. The van der Waals surface area contributed by atoms with Gasteiger partial charge >= 0.3 is 23.8 Å². The summed E-state index contributed by atoms with van der Waals surface area (Å²) < 4.78 is 67.5. The predicted molar refractivity (Wildman–Crippen MR) is 105 cm³/mol. The standard InChI is InChI=1S/C19H17ClF4N2O7/c1-18(2,16(29)32-5-4-31-3)33-15(28)9-6-12(11(21)7-10(9)20)26-14(27)8-13(19(22,23)24)25-17(26)30/h6-8H,4-5H2,1-3H3,(H,25,30). The van der Waals surface area contributed by atoms with Crippen LogP contribution in [0.15, 0.2) is 27.8 Å². The van der Waals surface area contributed by atoms with E-state index in [4.69, 9.17) is 25.8 Å². The first-order valence-corrected chi connectivity index (χ1v) is 9.39. The molecular formula is C19H17ClF4N2O7. The van der Waals surface area contributed by atoms with E-state index in [1.807, 2.05) is 0 Å². The molecule has 0 atom stereocenters. The number of ether oxygens (including phenoxy) is 3. The first kappa shape index (κ1) is 26.1. The van der Waals surface area contributed by atoms with Gasteiger partial charge < -0.3 is 19.2 Å². The molecule has 0 saturated carbocycles. The van der Waals surface area contributed by atoms with Crippen molar-refractivity contribution in [3.05, 3.63) is 61.1 Å². The third kappa shape index (κ3) is 5.99. The monoisotopic (exact) mass is 496 g/mol. The van der Waals surface area contributed by atoms with Gasteiger partial charge in [0.15, 0.2) is 0 Å². The van der Waals surface area contributed by atoms with Gasteiger partial charge in [-0.15, -0.1) is 0 Å². The molecule has 14 heteroatoms. The molecule has 180 valence electrons. The molecule has 1 aromatic heterocycles. The topological polar surface area (TPSA) is 117 Å². The van der Waals surface area contributed by atoms with Crippen LogP contribution < -0.4 is 11.2 Å². The van der Waals surface area contributed by atoms with Crippen LogP contribution in [0.25, 0.3) is 5.69 Å². The molecular weight excluding hydrogens is 480 g/mol. The smallest absolute Gasteiger partial charge is 0.431 e. The number of halogens is 5. The van der Waals surface area contributed by atoms with E-state index in [9.17, 15) is 36.7 Å². The Hall–Kier alpha value is -3.19. The van der Waals surface area contributed by atoms with Crippen molar-refractivity contribution in [3.63, 3.8) is 0 Å². The maximum Gasteiger partial charge on any atom is 0.431 e. The van der Waals surface area contributed by atoms with Gasteiger partial charge in [0.2, 0.25) is 5.60 Å². The summed E-state index contributed by atoms with van der Waals surface area (Å²) in [5.41, 5.74) is -8.04. The quantitative estimate of drug-likeness (QED) is 0.355. The van der Waals surface area contributed by atoms with Gasteiger partial charge in [-0.3, -0.25) is 4.79 Å². The number of carbonyl (C=O) groups is 2. The van der Waals surface area contributed by atoms with Gasteiger partial charge in [0, 0.05) is 13.2 Å². The lowest BCUT2D eigenvalue weighted by atomic mass is 10.1. The summed E-state index contributed by atoms with van der Waals surface area (Å²) in [6, 6.07) is 1.24. The van der Waals surface area contributed by atoms with Crippen molar-refractivity contribution in [2.75, 3.05) is 20.3 Å². The van der Waals surface area contributed by atoms with Crippen LogP contribution in [-0.4, -0.2) is 47.4 Å². The van der Waals surface area contributed by atoms with Crippen LogP contribution in [0.4, 0.5) is 17.6 Å². The van der Waals surface area contributed by atoms with Crippen molar-refractivity contribution in [1.82, 2.24) is 9.55 Å². The predicted octanol–water partition coefficient (Wildman–Crippen LogP) is 2.46. The Balaban J connectivity index is 2.46. The van der Waals surface area contributed by atoms with E-state index in [1.54, 1.807) is 0 Å². The molecule has 2 rings (SSSR count). The Labute approximate surface area is 187 Å². The second kappa shape index (κ2) is 9.75. The SMILES string of the molecule is COCCOC(=O)C(C)(C)OC(=O)c1cc(-n2c(=O)cc(C(F)(F)F)[nH]c2=O)c(F)cc1Cl. The molecule has 0 bridgehead atoms. The van der Waals surface area contributed by atoms with Crippen LogP contribution in [0.1, 0.15) is 29.9 Å². The van der Waals surface area contributed by atoms with E-state index in [0.717, 1.165) is 0 Å². The van der Waals surface area contributed by atoms with Crippen LogP contribution in [-0.2, 0) is 25.2 Å². The summed E-state index contributed by atoms with van der Waals surface area (Å²) in [6.07, 6.45) is -5.03. The molecule has 1 aromatic carbocycles. The number of hydrogen-bond acceptors (Lipinski definition) is 7. The zero-order valence-corrected chi connectivity index (χ0v) is 18.1. The summed E-state index contributed by atoms with van der Waals surface area (Å²) in [7, 11) is 1.38. The summed E-state index contributed by atoms with van der Waals surface area (Å²) >= 11 is 5.86. The first-order chi connectivity index (χ1) is 15.2. The van der Waals surface area contributed by atoms with Crippen molar-refractivity contribution in [3.8, 4) is 5.69 Å². The maximum absolute atomic E-state index is 14.5. The van der Waals surface area contributed by atoms with Gasteiger partial charge in [-0.05, 0) is 26.0 Å². The zero-order chi connectivity index (χ0) is 25.1. The highest BCUT2D eigenvalue weighted by atomic mass is 35.5. The highest BCUT2D eigenvalue weighted by Crippen LogP contribution is 2.27. The molecule has 0 unspecified atom stereocenters. The van der Waals surface area contributed by atoms with E-state index < -0.39 is 62.7 Å². The van der Waals surface area contributed by atoms with Gasteiger partial charge in [-0.2, -0.15) is 13.2 Å². The molecule has 0 aliphatic rings. The summed E-state index contributed by atoms with van der Waals surface area (Å²) in [5, 5.41) is -0.513. The molecule has 0 radical (unpaired) electrons. The fourth-order valence-corrected chi connectivity index (χ4v) is 2.69. The van der Waals surface area contributed by atoms with Crippen LogP contribution in [0, 0.1) is 5.82 Å². The second-order valence-corrected chi connectivity index (χ2v) is 7.38. The lowest BCUT2D eigenvalue weighted by Crippen LogP contribution is -2.39. The third-order valence-electron chi connectivity index (χ3n) is 4.10. The van der Waals surface area contributed by atoms with Gasteiger partial charge in [-0.1, -0.05) is 11.6 Å². The lowest BCUT2D eigenvalue weighted by molar-refractivity contribution is -0.163. The minimum Gasteiger partial charge on any atom is -0.460 e. The van der Waals surface area contributed by atoms with Crippen molar-refractivity contribution >= 4 is 23.5 Å². The molecule has 0 fully saturated rings. The number of benzene rings is 1. The summed E-state index contributed by atoms with van der Waals surface area (Å²) in [6.45, 7) is 2.35. The number of nitrogens with zero attached hydrogens (tertiary/aromatic N) is 1. The van der Waals surface area contributed by atoms with Crippen molar-refractivity contribution in [1.29, 1.82) is 0 Å². The Kier molecular flexibility index (Phi) is 7.70. The van der Waals surface area contributed by atoms with Crippen molar-refractivity contribution in [2.24, 2.45) is 0 Å². The Morgan fingerprint density at radius 1 is 1.12 bits per heavy atom. The number of aromatic nitrogens is 2. The van der Waals surface area contributed by atoms with Crippen molar-refractivity contribution in [2.45, 2.75) is 25.6 Å². The third-order valence-corrected chi connectivity index (χ3v) is 4.41. The maximum atomic E-state index is 14.5. The highest BCUT2D eigenvalue weighted by molar-refractivity contribution is 6.33. The molecule has 0 saturated heterocycles. The number of rotatable bonds is 7. The molecule has 1 heterocycles. The summed E-state index contributed by atoms with van der Waals surface area (Å²) in [4.78, 5) is 50.3. The van der Waals surface area contributed by atoms with Crippen molar-refractivity contribution < 1.29 is 41.4 Å². The average molecular weight is 497 g/mol. The average Bonchev–Trinajstić information content (AvgIpc) is 2.67. The molecule has 0 spiro atoms. The number of H-pyrrole nitrogens is 1. The molecule has 2 aromatic rings. The minimum atomic E-state index is -5.03. The number of alkyl halides is 3. The Bertz CT molecular complexity index is 1160. The van der Waals surface area contributed by atoms with Crippen LogP contribution in [0.2, 0.25) is 5.02 Å². The number of nitrogens with one attached hydrogen (secondary N) is 1. The minimum absolute atomic E-state index is 0.0435. The number of aromatic amines is 1. The molecule has 9 nitrogen and oxygen atoms in total. The molecule has 1 N–H and O–H groups in total. The highest BCUT2D eigenvalue weighted by Gasteiger charge is 2.36. The van der Waals surface area contributed by atoms with Crippen LogP contribution in [0.5, 0.6) is 0 Å². The van der Waals surface area contributed by atoms with E-state index in [-0.39, 0.29) is 23.8 Å². The number of hydrogen-bond donors (Lipinski definition) is 1. The van der Waals surface area contributed by atoms with Gasteiger partial charge in [0.05, 0.1) is 22.9 Å². The normalized spacial score (nSPS) is 11.9. The molecule has 0 amide bonds. The first-order valence-electron chi connectivity index (χ1n) is 9.01. The molecule has 0 aliphatic heterocycles. The van der Waals surface area contributed by atoms with E-state index >= 15 is 0 Å². The second-order valence-electron chi connectivity index (χ2n) is 6.97. The number of carbonyl (C=O) groups excluding carboxylic acids is 2. The summed E-state index contributed by atoms with van der Waals surface area (Å²) in [5.74, 6) is -3.49. The Morgan fingerprint density at radius 3 is 2.30 bits per heavy atom. The fourth-order valence-electron chi connectivity index (χ4n) is 2.46. The van der Waals surface area contributed by atoms with E-state index in [2.05, 4.69) is 0 Å². The number of methoxy groups -OCH3 is 1. The lowest BCUT2D eigenvalue weighted by Gasteiger charge is -2.23. The number of esters is 2.